The second kappa shape index (κ2) is 52.5. The van der Waals surface area contributed by atoms with Crippen LogP contribution in [0.25, 0.3) is 34.2 Å². The van der Waals surface area contributed by atoms with Gasteiger partial charge in [0.05, 0.1) is 0 Å². The number of nitrogens with two attached hydrogens (primary N) is 1. The van der Waals surface area contributed by atoms with Crippen molar-refractivity contribution < 1.29 is 4.74 Å². The van der Waals surface area contributed by atoms with E-state index in [0.29, 0.717) is 74.1 Å². The number of ether oxygens (including phenoxy) is 1. The molecule has 2 N–H and O–H groups in total. The average Bonchev–Trinajstić information content (AvgIpc) is 0.784. The van der Waals surface area contributed by atoms with Gasteiger partial charge >= 0.3 is 0 Å². The fourth-order valence-corrected chi connectivity index (χ4v) is 12.7. The van der Waals surface area contributed by atoms with Crippen LogP contribution in [0.4, 0.5) is 5.95 Å². The van der Waals surface area contributed by atoms with Crippen molar-refractivity contribution in [2.45, 2.75) is 67.8 Å². The molecule has 0 aliphatic heterocycles. The third kappa shape index (κ3) is 45.6. The number of anilines is 1. The van der Waals surface area contributed by atoms with Crippen molar-refractivity contribution in [2.75, 3.05) is 5.73 Å². The molecule has 698 valence electrons. The summed E-state index contributed by atoms with van der Waals surface area (Å²) in [5, 5.41) is 0.552. The molecule has 128 heavy (non-hydrogen) atoms. The highest BCUT2D eigenvalue weighted by Crippen LogP contribution is 2.53. The van der Waals surface area contributed by atoms with E-state index in [0.717, 1.165) is 0 Å². The molecule has 0 atom stereocenters. The number of nitrogen functional groups attached to an aromatic ring is 1. The Morgan fingerprint density at radius 3 is 0.641 bits per heavy atom. The first-order valence-corrected chi connectivity index (χ1v) is 55.4. The van der Waals surface area contributed by atoms with Crippen LogP contribution in [0.15, 0.2) is 78.9 Å². The van der Waals surface area contributed by atoms with E-state index < -0.39 is 47.0 Å². The van der Waals surface area contributed by atoms with E-state index in [-0.39, 0.29) is 75.8 Å². The first-order valence-electron chi connectivity index (χ1n) is 30.6. The second-order valence-electron chi connectivity index (χ2n) is 21.9. The molecule has 0 saturated carbocycles. The van der Waals surface area contributed by atoms with Crippen molar-refractivity contribution in [3.8, 4) is 51.9 Å². The van der Waals surface area contributed by atoms with Crippen LogP contribution in [-0.2, 0) is 47.0 Å². The zero-order valence-electron chi connectivity index (χ0n) is 59.8. The van der Waals surface area contributed by atoms with Gasteiger partial charge in [0, 0.05) is 28.6 Å². The Labute approximate surface area is 1020 Å². The van der Waals surface area contributed by atoms with Crippen LogP contribution in [-0.4, -0.2) is 105 Å². The highest BCUT2D eigenvalue weighted by atomic mass is 80.0. The van der Waals surface area contributed by atoms with Crippen LogP contribution in [0, 0.1) is 25.9 Å². The van der Waals surface area contributed by atoms with Gasteiger partial charge in [-0.2, -0.15) is 9.97 Å². The van der Waals surface area contributed by atoms with Gasteiger partial charge in [-0.15, -0.1) is 0 Å². The zero-order chi connectivity index (χ0) is 98.7. The summed E-state index contributed by atoms with van der Waals surface area (Å²) in [6, 6.07) is 22.4. The number of benzene rings is 3. The largest absolute Gasteiger partial charge is 0.408 e. The minimum atomic E-state index is -1.99. The highest BCUT2D eigenvalue weighted by Gasteiger charge is 2.42. The molecule has 7 aromatic heterocycles. The molecular formula is C59H24Br18Cl28N22O. The van der Waals surface area contributed by atoms with Gasteiger partial charge in [-0.05, 0) is 62.4 Å². The number of aromatic nitrogens is 21. The summed E-state index contributed by atoms with van der Waals surface area (Å²) in [5.41, 5.74) is 7.30. The Morgan fingerprint density at radius 2 is 0.430 bits per heavy atom. The van der Waals surface area contributed by atoms with Gasteiger partial charge in [-0.1, -0.05) is 648 Å². The normalized spacial score (nSPS) is 12.7. The van der Waals surface area contributed by atoms with Gasteiger partial charge in [-0.25, -0.2) is 94.7 Å². The number of aryl methyl sites for hydroxylation is 2. The minimum absolute atomic E-state index is 0.113. The molecule has 0 bridgehead atoms. The molecule has 10 rings (SSSR count). The minimum Gasteiger partial charge on any atom is -0.408 e. The van der Waals surface area contributed by atoms with Crippen molar-refractivity contribution in [3.05, 3.63) is 183 Å². The Kier molecular flexibility index (Phi) is 52.1. The van der Waals surface area contributed by atoms with E-state index in [9.17, 15) is 0 Å². The van der Waals surface area contributed by atoms with Crippen LogP contribution in [0.2, 0.25) is 5.02 Å². The van der Waals surface area contributed by atoms with Crippen molar-refractivity contribution in [3.63, 3.8) is 0 Å². The molecule has 69 heteroatoms. The molecule has 23 nitrogen and oxygen atoms in total. The fraction of sp³-hybridized carbons (Fsp3) is 0.305. The smallest absolute Gasteiger partial charge is 0.250 e. The van der Waals surface area contributed by atoms with E-state index >= 15 is 0 Å². The third-order valence-corrected chi connectivity index (χ3v) is 23.2. The number of nitrogens with zero attached hydrogens (tertiary/aromatic N) is 21. The summed E-state index contributed by atoms with van der Waals surface area (Å²) in [7, 11) is 0. The molecule has 0 unspecified atom stereocenters. The number of alkyl halides is 45. The van der Waals surface area contributed by atoms with Crippen molar-refractivity contribution in [1.82, 2.24) is 105 Å². The van der Waals surface area contributed by atoms with Crippen LogP contribution < -0.4 is 10.5 Å². The molecular weight excluding hydrogens is 3460 g/mol. The monoisotopic (exact) mass is 3460 g/mol. The predicted molar refractivity (Wildman–Crippen MR) is 592 cm³/mol. The van der Waals surface area contributed by atoms with Gasteiger partial charge in [-0.3, -0.25) is 0 Å². The van der Waals surface area contributed by atoms with Gasteiger partial charge in [0.1, 0.15) is 23.5 Å². The van der Waals surface area contributed by atoms with E-state index in [4.69, 9.17) is 335 Å². The molecule has 7 heterocycles. The second-order valence-corrected chi connectivity index (χ2v) is 83.5. The maximum absolute atomic E-state index is 5.84. The van der Waals surface area contributed by atoms with E-state index in [1.807, 2.05) is 18.2 Å². The molecule has 10 aromatic rings. The van der Waals surface area contributed by atoms with Crippen molar-refractivity contribution >= 4 is 618 Å². The molecule has 0 aliphatic carbocycles. The third-order valence-electron chi connectivity index (χ3n) is 12.0. The number of hydrogen-bond acceptors (Lipinski definition) is 23. The standard InChI is InChI=1S/C14H7Cl6N3O.C11H4Cl7N3.C11H5Cl6N3.C6Br9N3.C6H3Br6N3.C6Cl9N3.C5H5Br3N4/c1-2-7-24-9-5-3-8(4-6-9)10-21-11(13(15,16)17)23-12(22-10)14(18,19)20;12-6-3-1-5(2-4-6)7-19-8(10(13,14)15)21-9(20-7)11(16,17)18;12-10(13,14)8-18-7(6-4-2-1-3-5-6)19-9(20-8)11(15,16)17;7-4(8,9)1-16-2(5(10,11)12)18-3(17-1)6(13,14)15;1-2-13-3(5(7,8)9)15-4(14-2)6(10,11)12;7-4(8,9)1-16-2(5(10,11)12)18-3(17-1)6(13,14)15;1-2-10-3(5(6,7)8)12-4(9)11-2/h3-6H,1H3;1-4H;1-5H;;1H3;;1H3,(H2,9,10,11,12). The van der Waals surface area contributed by atoms with E-state index in [1.54, 1.807) is 81.4 Å². The van der Waals surface area contributed by atoms with Gasteiger partial charge in [0.2, 0.25) is 40.1 Å². The quantitative estimate of drug-likeness (QED) is 0.126. The SMILES string of the molecule is BrC(Br)(Br)c1nc(C(Br)(Br)Br)nc(C(Br)(Br)Br)n1.CC#COc1ccc(-c2nc(C(Cl)(Cl)Cl)nc(C(Cl)(Cl)Cl)n2)cc1.Cc1nc(C(Br)(Br)Br)nc(C(Br)(Br)Br)n1.Cc1nc(N)nc(C(Br)(Br)Br)n1.ClC(Cl)(Cl)c1nc(-c2ccccc2)nc(C(Cl)(Cl)Cl)n1.ClC(Cl)(Cl)c1nc(C(Cl)(Cl)Cl)nc(C(Cl)(Cl)Cl)n1.Clc1ccc(-c2nc(C(Cl)(Cl)Cl)nc(C(Cl)(Cl)Cl)n2)cc1. The Balaban J connectivity index is 0.000000315. The maximum Gasteiger partial charge on any atom is 0.250 e. The van der Waals surface area contributed by atoms with Gasteiger partial charge in [0.15, 0.2) is 118 Å². The van der Waals surface area contributed by atoms with Crippen LogP contribution in [0.3, 0.4) is 0 Å². The van der Waals surface area contributed by atoms with Gasteiger partial charge < -0.3 is 10.5 Å². The molecule has 0 aliphatic rings. The topological polar surface area (TPSA) is 306 Å². The lowest BCUT2D eigenvalue weighted by atomic mass is 10.2. The summed E-state index contributed by atoms with van der Waals surface area (Å²) in [4.78, 5) is 84.8. The molecule has 0 fully saturated rings. The predicted octanol–water partition coefficient (Wildman–Crippen LogP) is 35.5. The summed E-state index contributed by atoms with van der Waals surface area (Å²) < 4.78 is -16.2. The molecule has 0 saturated heterocycles. The molecule has 0 radical (unpaired) electrons. The maximum atomic E-state index is 5.84. The summed E-state index contributed by atoms with van der Waals surface area (Å²) in [5.74, 6) is 6.32. The number of rotatable bonds is 4. The van der Waals surface area contributed by atoms with E-state index in [1.165, 1.54) is 0 Å². The first kappa shape index (κ1) is 127. The zero-order valence-corrected chi connectivity index (χ0v) is 109. The Hall–Kier alpha value is 6.65. The van der Waals surface area contributed by atoms with Crippen LogP contribution >= 0.6 is 612 Å². The number of halogens is 46. The van der Waals surface area contributed by atoms with Gasteiger partial charge in [0.25, 0.3) is 0 Å². The summed E-state index contributed by atoms with van der Waals surface area (Å²) >= 11 is 221. The van der Waals surface area contributed by atoms with E-state index in [2.05, 4.69) is 403 Å². The average molecular weight is 3490 g/mol. The summed E-state index contributed by atoms with van der Waals surface area (Å²) in [6.07, 6.45) is 2.49. The summed E-state index contributed by atoms with van der Waals surface area (Å²) in [6.45, 7) is 5.21. The number of hydrogen-bond donors (Lipinski definition) is 1. The lowest BCUT2D eigenvalue weighted by Gasteiger charge is -2.19. The van der Waals surface area contributed by atoms with Crippen LogP contribution in [0.1, 0.15) is 106 Å². The lowest BCUT2D eigenvalue weighted by molar-refractivity contribution is 0.519. The molecule has 3 aromatic carbocycles. The highest BCUT2D eigenvalue weighted by molar-refractivity contribution is 9.40. The Morgan fingerprint density at radius 1 is 0.242 bits per heavy atom. The van der Waals surface area contributed by atoms with Crippen molar-refractivity contribution in [2.24, 2.45) is 0 Å². The Bertz CT molecular complexity index is 5100. The molecule has 0 amide bonds. The molecule has 0 spiro atoms. The fourth-order valence-electron chi connectivity index (χ4n) is 7.12. The van der Waals surface area contributed by atoms with Crippen molar-refractivity contribution in [1.29, 1.82) is 0 Å². The van der Waals surface area contributed by atoms with Crippen LogP contribution in [0.5, 0.6) is 5.75 Å². The lowest BCUT2D eigenvalue weighted by Crippen LogP contribution is -2.21. The first-order chi connectivity index (χ1) is 57.5.